The Balaban J connectivity index is 2.28. The number of rotatable bonds is 4. The Morgan fingerprint density at radius 3 is 2.75 bits per heavy atom. The van der Waals surface area contributed by atoms with Crippen LogP contribution in [0.2, 0.25) is 0 Å². The monoisotopic (exact) mass is 272 g/mol. The van der Waals surface area contributed by atoms with Crippen LogP contribution in [0, 0.1) is 13.8 Å². The molecule has 0 aliphatic rings. The summed E-state index contributed by atoms with van der Waals surface area (Å²) in [6.07, 6.45) is 0.979. The fourth-order valence-electron chi connectivity index (χ4n) is 2.47. The number of hydrogen-bond acceptors (Lipinski definition) is 3. The molecule has 0 bridgehead atoms. The highest BCUT2D eigenvalue weighted by molar-refractivity contribution is 5.93. The van der Waals surface area contributed by atoms with E-state index in [1.165, 1.54) is 11.3 Å². The van der Waals surface area contributed by atoms with Crippen molar-refractivity contribution in [2.24, 2.45) is 5.84 Å². The number of hydrogen-bond donors (Lipinski definition) is 2. The standard InChI is InChI=1S/C15H20N4O/c1-4-14-10(2)18-19(11(14)3)9-12-6-5-7-13(8-12)15(20)17-16/h5-8H,4,9,16H2,1-3H3,(H,17,20). The van der Waals surface area contributed by atoms with E-state index < -0.39 is 0 Å². The summed E-state index contributed by atoms with van der Waals surface area (Å²) in [4.78, 5) is 11.5. The highest BCUT2D eigenvalue weighted by atomic mass is 16.2. The summed E-state index contributed by atoms with van der Waals surface area (Å²) < 4.78 is 1.98. The van der Waals surface area contributed by atoms with Crippen LogP contribution in [0.3, 0.4) is 0 Å². The smallest absolute Gasteiger partial charge is 0.265 e. The van der Waals surface area contributed by atoms with Gasteiger partial charge in [0.1, 0.15) is 0 Å². The highest BCUT2D eigenvalue weighted by Crippen LogP contribution is 2.15. The van der Waals surface area contributed by atoms with Gasteiger partial charge in [0, 0.05) is 11.3 Å². The zero-order valence-electron chi connectivity index (χ0n) is 12.1. The number of nitrogens with two attached hydrogens (primary N) is 1. The number of nitrogen functional groups attached to an aromatic ring is 1. The molecule has 1 aromatic heterocycles. The molecule has 0 aliphatic carbocycles. The lowest BCUT2D eigenvalue weighted by molar-refractivity contribution is 0.0953. The molecule has 0 radical (unpaired) electrons. The van der Waals surface area contributed by atoms with Gasteiger partial charge in [-0.1, -0.05) is 19.1 Å². The van der Waals surface area contributed by atoms with Gasteiger partial charge in [0.2, 0.25) is 0 Å². The molecule has 2 aromatic rings. The van der Waals surface area contributed by atoms with E-state index in [2.05, 4.69) is 24.4 Å². The molecule has 0 saturated heterocycles. The van der Waals surface area contributed by atoms with Gasteiger partial charge in [0.05, 0.1) is 12.2 Å². The largest absolute Gasteiger partial charge is 0.290 e. The summed E-state index contributed by atoms with van der Waals surface area (Å²) >= 11 is 0. The van der Waals surface area contributed by atoms with Crippen molar-refractivity contribution in [3.63, 3.8) is 0 Å². The molecule has 5 nitrogen and oxygen atoms in total. The van der Waals surface area contributed by atoms with Crippen molar-refractivity contribution in [2.75, 3.05) is 0 Å². The van der Waals surface area contributed by atoms with Gasteiger partial charge in [-0.05, 0) is 43.5 Å². The van der Waals surface area contributed by atoms with Crippen molar-refractivity contribution in [3.05, 3.63) is 52.3 Å². The minimum Gasteiger partial charge on any atom is -0.290 e. The Hall–Kier alpha value is -2.14. The van der Waals surface area contributed by atoms with E-state index in [-0.39, 0.29) is 5.91 Å². The number of benzene rings is 1. The molecule has 1 aromatic carbocycles. The topological polar surface area (TPSA) is 72.9 Å². The third kappa shape index (κ3) is 2.72. The molecule has 5 heteroatoms. The first-order valence-corrected chi connectivity index (χ1v) is 6.69. The van der Waals surface area contributed by atoms with Crippen LogP contribution in [0.1, 0.15) is 39.8 Å². The second-order valence-electron chi connectivity index (χ2n) is 4.83. The average Bonchev–Trinajstić information content (AvgIpc) is 2.72. The van der Waals surface area contributed by atoms with Crippen LogP contribution in [0.25, 0.3) is 0 Å². The predicted molar refractivity (Wildman–Crippen MR) is 78.3 cm³/mol. The van der Waals surface area contributed by atoms with Crippen molar-refractivity contribution in [2.45, 2.75) is 33.7 Å². The lowest BCUT2D eigenvalue weighted by Gasteiger charge is -2.07. The molecule has 2 rings (SSSR count). The van der Waals surface area contributed by atoms with Crippen molar-refractivity contribution in [3.8, 4) is 0 Å². The molecule has 0 spiro atoms. The minimum atomic E-state index is -0.283. The van der Waals surface area contributed by atoms with E-state index in [9.17, 15) is 4.79 Å². The van der Waals surface area contributed by atoms with Crippen LogP contribution in [-0.2, 0) is 13.0 Å². The molecule has 3 N–H and O–H groups in total. The number of nitrogens with one attached hydrogen (secondary N) is 1. The number of nitrogens with zero attached hydrogens (tertiary/aromatic N) is 2. The maximum Gasteiger partial charge on any atom is 0.265 e. The molecule has 0 saturated carbocycles. The van der Waals surface area contributed by atoms with Crippen LogP contribution in [0.4, 0.5) is 0 Å². The van der Waals surface area contributed by atoms with Crippen LogP contribution >= 0.6 is 0 Å². The number of carbonyl (C=O) groups is 1. The molecule has 1 heterocycles. The van der Waals surface area contributed by atoms with Gasteiger partial charge >= 0.3 is 0 Å². The van der Waals surface area contributed by atoms with Gasteiger partial charge < -0.3 is 0 Å². The third-order valence-electron chi connectivity index (χ3n) is 3.54. The van der Waals surface area contributed by atoms with Gasteiger partial charge in [-0.15, -0.1) is 0 Å². The van der Waals surface area contributed by atoms with Crippen molar-refractivity contribution >= 4 is 5.91 Å². The molecule has 106 valence electrons. The fraction of sp³-hybridized carbons (Fsp3) is 0.333. The van der Waals surface area contributed by atoms with Gasteiger partial charge in [-0.2, -0.15) is 5.10 Å². The first kappa shape index (κ1) is 14.3. The number of amides is 1. The van der Waals surface area contributed by atoms with Crippen LogP contribution < -0.4 is 11.3 Å². The van der Waals surface area contributed by atoms with E-state index in [0.717, 1.165) is 17.7 Å². The second kappa shape index (κ2) is 5.88. The molecular weight excluding hydrogens is 252 g/mol. The first-order valence-electron chi connectivity index (χ1n) is 6.69. The number of carbonyl (C=O) groups excluding carboxylic acids is 1. The maximum atomic E-state index is 11.5. The maximum absolute atomic E-state index is 11.5. The summed E-state index contributed by atoms with van der Waals surface area (Å²) in [7, 11) is 0. The van der Waals surface area contributed by atoms with Crippen molar-refractivity contribution < 1.29 is 4.79 Å². The number of hydrazine groups is 1. The predicted octanol–water partition coefficient (Wildman–Crippen LogP) is 1.71. The summed E-state index contributed by atoms with van der Waals surface area (Å²) in [6.45, 7) is 6.89. The summed E-state index contributed by atoms with van der Waals surface area (Å²) in [5, 5.41) is 4.56. The van der Waals surface area contributed by atoms with Crippen LogP contribution in [-0.4, -0.2) is 15.7 Å². The summed E-state index contributed by atoms with van der Waals surface area (Å²) in [5.74, 6) is 4.87. The lowest BCUT2D eigenvalue weighted by atomic mass is 10.1. The van der Waals surface area contributed by atoms with Crippen LogP contribution in [0.15, 0.2) is 24.3 Å². The lowest BCUT2D eigenvalue weighted by Crippen LogP contribution is -2.30. The van der Waals surface area contributed by atoms with Gasteiger partial charge in [0.15, 0.2) is 0 Å². The quantitative estimate of drug-likeness (QED) is 0.505. The Morgan fingerprint density at radius 1 is 1.40 bits per heavy atom. The van der Waals surface area contributed by atoms with Crippen molar-refractivity contribution in [1.82, 2.24) is 15.2 Å². The van der Waals surface area contributed by atoms with E-state index in [1.54, 1.807) is 6.07 Å². The Kier molecular flexibility index (Phi) is 4.20. The summed E-state index contributed by atoms with van der Waals surface area (Å²) in [6, 6.07) is 7.41. The molecule has 0 atom stereocenters. The molecule has 0 unspecified atom stereocenters. The molecule has 20 heavy (non-hydrogen) atoms. The fourth-order valence-corrected chi connectivity index (χ4v) is 2.47. The van der Waals surface area contributed by atoms with E-state index in [1.807, 2.05) is 29.8 Å². The summed E-state index contributed by atoms with van der Waals surface area (Å²) in [5.41, 5.74) is 7.27. The second-order valence-corrected chi connectivity index (χ2v) is 4.83. The Labute approximate surface area is 118 Å². The third-order valence-corrected chi connectivity index (χ3v) is 3.54. The zero-order valence-corrected chi connectivity index (χ0v) is 12.1. The normalized spacial score (nSPS) is 10.6. The van der Waals surface area contributed by atoms with Gasteiger partial charge in [-0.25, -0.2) is 5.84 Å². The Bertz CT molecular complexity index is 631. The van der Waals surface area contributed by atoms with Gasteiger partial charge in [-0.3, -0.25) is 14.9 Å². The first-order chi connectivity index (χ1) is 9.56. The number of aryl methyl sites for hydroxylation is 1. The van der Waals surface area contributed by atoms with Gasteiger partial charge in [0.25, 0.3) is 5.91 Å². The van der Waals surface area contributed by atoms with E-state index in [4.69, 9.17) is 5.84 Å². The Morgan fingerprint density at radius 2 is 2.15 bits per heavy atom. The number of aromatic nitrogens is 2. The molecule has 0 aliphatic heterocycles. The molecular formula is C15H20N4O. The average molecular weight is 272 g/mol. The zero-order chi connectivity index (χ0) is 14.7. The molecule has 0 fully saturated rings. The SMILES string of the molecule is CCc1c(C)nn(Cc2cccc(C(=O)NN)c2)c1C. The van der Waals surface area contributed by atoms with Crippen molar-refractivity contribution in [1.29, 1.82) is 0 Å². The minimum absolute atomic E-state index is 0.283. The highest BCUT2D eigenvalue weighted by Gasteiger charge is 2.10. The molecule has 1 amide bonds. The van der Waals surface area contributed by atoms with Crippen LogP contribution in [0.5, 0.6) is 0 Å². The van der Waals surface area contributed by atoms with E-state index in [0.29, 0.717) is 12.1 Å². The van der Waals surface area contributed by atoms with E-state index >= 15 is 0 Å².